The summed E-state index contributed by atoms with van der Waals surface area (Å²) in [6, 6.07) is 7.83. The topological polar surface area (TPSA) is 46.5 Å². The molecule has 0 aliphatic carbocycles. The minimum Gasteiger partial charge on any atom is -0.458 e. The van der Waals surface area contributed by atoms with Crippen molar-refractivity contribution in [1.82, 2.24) is 0 Å². The fourth-order valence-corrected chi connectivity index (χ4v) is 3.69. The highest BCUT2D eigenvalue weighted by Gasteiger charge is 2.30. The maximum absolute atomic E-state index is 12.6. The lowest BCUT2D eigenvalue weighted by atomic mass is 9.89. The zero-order valence-corrected chi connectivity index (χ0v) is 14.4. The number of fused-ring (bicyclic) bond motifs is 1. The predicted molar refractivity (Wildman–Crippen MR) is 91.3 cm³/mol. The van der Waals surface area contributed by atoms with Gasteiger partial charge in [-0.25, -0.2) is 4.79 Å². The second-order valence-corrected chi connectivity index (χ2v) is 7.01. The van der Waals surface area contributed by atoms with Crippen LogP contribution < -0.4 is 0 Å². The molecular formula is C18H24O3S. The van der Waals surface area contributed by atoms with E-state index in [1.807, 2.05) is 57.3 Å². The lowest BCUT2D eigenvalue weighted by molar-refractivity contribution is -0.0314. The standard InChI is InChI=1S/C18H24O3S/c1-5-15(19)12(4)17(11(2)3)21-18(20)14-10-22-16-9-7-6-8-13(14)16/h6-12,15,17,19H,5H2,1-4H3/t12-,15-,17-/m0/s1. The number of benzene rings is 1. The summed E-state index contributed by atoms with van der Waals surface area (Å²) in [5, 5.41) is 12.9. The van der Waals surface area contributed by atoms with Crippen LogP contribution in [0.4, 0.5) is 0 Å². The number of aliphatic hydroxyl groups excluding tert-OH is 1. The Kier molecular flexibility index (Phi) is 5.59. The van der Waals surface area contributed by atoms with Gasteiger partial charge in [0, 0.05) is 21.4 Å². The predicted octanol–water partition coefficient (Wildman–Crippen LogP) is 4.49. The lowest BCUT2D eigenvalue weighted by Gasteiger charge is -2.30. The number of hydrogen-bond donors (Lipinski definition) is 1. The van der Waals surface area contributed by atoms with Crippen LogP contribution in [0.15, 0.2) is 29.6 Å². The molecule has 0 saturated carbocycles. The molecule has 120 valence electrons. The second-order valence-electron chi connectivity index (χ2n) is 6.09. The Balaban J connectivity index is 2.21. The summed E-state index contributed by atoms with van der Waals surface area (Å²) in [4.78, 5) is 12.6. The third kappa shape index (κ3) is 3.50. The first-order chi connectivity index (χ1) is 10.5. The number of aliphatic hydroxyl groups is 1. The number of hydrogen-bond acceptors (Lipinski definition) is 4. The molecule has 0 radical (unpaired) electrons. The summed E-state index contributed by atoms with van der Waals surface area (Å²) >= 11 is 1.55. The van der Waals surface area contributed by atoms with Gasteiger partial charge in [-0.15, -0.1) is 11.3 Å². The molecule has 0 spiro atoms. The molecule has 22 heavy (non-hydrogen) atoms. The van der Waals surface area contributed by atoms with Gasteiger partial charge in [0.1, 0.15) is 6.10 Å². The third-order valence-electron chi connectivity index (χ3n) is 4.14. The number of thiophene rings is 1. The number of rotatable bonds is 6. The highest BCUT2D eigenvalue weighted by Crippen LogP contribution is 2.28. The van der Waals surface area contributed by atoms with E-state index in [1.165, 1.54) is 0 Å². The van der Waals surface area contributed by atoms with E-state index in [9.17, 15) is 9.90 Å². The van der Waals surface area contributed by atoms with Crippen molar-refractivity contribution in [1.29, 1.82) is 0 Å². The number of carbonyl (C=O) groups is 1. The molecule has 0 amide bonds. The molecule has 0 saturated heterocycles. The summed E-state index contributed by atoms with van der Waals surface area (Å²) in [7, 11) is 0. The minimum atomic E-state index is -0.459. The first-order valence-electron chi connectivity index (χ1n) is 7.81. The van der Waals surface area contributed by atoms with E-state index in [1.54, 1.807) is 11.3 Å². The Bertz CT molecular complexity index is 632. The minimum absolute atomic E-state index is 0.0844. The van der Waals surface area contributed by atoms with Crippen molar-refractivity contribution >= 4 is 27.4 Å². The molecular weight excluding hydrogens is 296 g/mol. The van der Waals surface area contributed by atoms with E-state index in [0.29, 0.717) is 12.0 Å². The number of ether oxygens (including phenoxy) is 1. The second kappa shape index (κ2) is 7.25. The molecule has 4 heteroatoms. The highest BCUT2D eigenvalue weighted by atomic mass is 32.1. The van der Waals surface area contributed by atoms with Crippen LogP contribution in [0.3, 0.4) is 0 Å². The summed E-state index contributed by atoms with van der Waals surface area (Å²) in [6.45, 7) is 7.91. The van der Waals surface area contributed by atoms with Crippen molar-refractivity contribution in [3.05, 3.63) is 35.2 Å². The molecule has 3 atom stereocenters. The van der Waals surface area contributed by atoms with Gasteiger partial charge in [-0.05, 0) is 18.4 Å². The van der Waals surface area contributed by atoms with Crippen molar-refractivity contribution < 1.29 is 14.6 Å². The number of carbonyl (C=O) groups excluding carboxylic acids is 1. The summed E-state index contributed by atoms with van der Waals surface area (Å²) in [6.07, 6.45) is -0.0934. The quantitative estimate of drug-likeness (QED) is 0.798. The highest BCUT2D eigenvalue weighted by molar-refractivity contribution is 7.17. The zero-order valence-electron chi connectivity index (χ0n) is 13.6. The van der Waals surface area contributed by atoms with E-state index >= 15 is 0 Å². The maximum atomic E-state index is 12.6. The molecule has 0 unspecified atom stereocenters. The average molecular weight is 320 g/mol. The van der Waals surface area contributed by atoms with Crippen molar-refractivity contribution in [2.45, 2.75) is 46.3 Å². The van der Waals surface area contributed by atoms with Gasteiger partial charge in [0.2, 0.25) is 0 Å². The zero-order chi connectivity index (χ0) is 16.3. The average Bonchev–Trinajstić information content (AvgIpc) is 2.94. The molecule has 0 aliphatic rings. The van der Waals surface area contributed by atoms with Crippen LogP contribution in [0.25, 0.3) is 10.1 Å². The van der Waals surface area contributed by atoms with Crippen LogP contribution in [0.2, 0.25) is 0 Å². The maximum Gasteiger partial charge on any atom is 0.339 e. The van der Waals surface area contributed by atoms with Gasteiger partial charge >= 0.3 is 5.97 Å². The lowest BCUT2D eigenvalue weighted by Crippen LogP contribution is -2.36. The molecule has 0 fully saturated rings. The summed E-state index contributed by atoms with van der Waals surface area (Å²) in [5.41, 5.74) is 0.615. The molecule has 2 aromatic rings. The molecule has 2 rings (SSSR count). The Morgan fingerprint density at radius 2 is 1.95 bits per heavy atom. The molecule has 3 nitrogen and oxygen atoms in total. The van der Waals surface area contributed by atoms with Gasteiger partial charge in [-0.1, -0.05) is 45.9 Å². The van der Waals surface area contributed by atoms with E-state index in [-0.39, 0.29) is 23.9 Å². The van der Waals surface area contributed by atoms with Crippen LogP contribution >= 0.6 is 11.3 Å². The third-order valence-corrected chi connectivity index (χ3v) is 5.11. The molecule has 0 bridgehead atoms. The molecule has 1 aromatic heterocycles. The largest absolute Gasteiger partial charge is 0.458 e. The Hall–Kier alpha value is -1.39. The van der Waals surface area contributed by atoms with Crippen LogP contribution in [-0.2, 0) is 4.74 Å². The van der Waals surface area contributed by atoms with Gasteiger partial charge in [-0.2, -0.15) is 0 Å². The van der Waals surface area contributed by atoms with E-state index in [2.05, 4.69) is 0 Å². The SMILES string of the molecule is CC[C@H](O)[C@H](C)[C@@H](OC(=O)c1csc2ccccc12)C(C)C. The van der Waals surface area contributed by atoms with Gasteiger partial charge in [-0.3, -0.25) is 0 Å². The Morgan fingerprint density at radius 1 is 1.27 bits per heavy atom. The molecule has 0 aliphatic heterocycles. The van der Waals surface area contributed by atoms with Crippen molar-refractivity contribution in [3.63, 3.8) is 0 Å². The smallest absolute Gasteiger partial charge is 0.339 e. The van der Waals surface area contributed by atoms with Crippen molar-refractivity contribution in [2.75, 3.05) is 0 Å². The van der Waals surface area contributed by atoms with Crippen LogP contribution in [0.1, 0.15) is 44.5 Å². The Morgan fingerprint density at radius 3 is 2.59 bits per heavy atom. The van der Waals surface area contributed by atoms with Crippen molar-refractivity contribution in [3.8, 4) is 0 Å². The van der Waals surface area contributed by atoms with E-state index in [4.69, 9.17) is 4.74 Å². The van der Waals surface area contributed by atoms with Gasteiger partial charge in [0.15, 0.2) is 0 Å². The normalized spacial score (nSPS) is 15.7. The van der Waals surface area contributed by atoms with Crippen LogP contribution in [0, 0.1) is 11.8 Å². The van der Waals surface area contributed by atoms with Crippen molar-refractivity contribution in [2.24, 2.45) is 11.8 Å². The molecule has 1 heterocycles. The fourth-order valence-electron chi connectivity index (χ4n) is 2.76. The van der Waals surface area contributed by atoms with Gasteiger partial charge < -0.3 is 9.84 Å². The van der Waals surface area contributed by atoms with Crippen LogP contribution in [0.5, 0.6) is 0 Å². The van der Waals surface area contributed by atoms with Crippen LogP contribution in [-0.4, -0.2) is 23.3 Å². The number of esters is 1. The van der Waals surface area contributed by atoms with E-state index < -0.39 is 6.10 Å². The molecule has 1 aromatic carbocycles. The summed E-state index contributed by atoms with van der Waals surface area (Å²) in [5.74, 6) is -0.227. The van der Waals surface area contributed by atoms with Gasteiger partial charge in [0.25, 0.3) is 0 Å². The van der Waals surface area contributed by atoms with Gasteiger partial charge in [0.05, 0.1) is 11.7 Å². The first-order valence-corrected chi connectivity index (χ1v) is 8.69. The Labute approximate surface area is 135 Å². The van der Waals surface area contributed by atoms with E-state index in [0.717, 1.165) is 10.1 Å². The first kappa shape index (κ1) is 17.0. The molecule has 1 N–H and O–H groups in total. The summed E-state index contributed by atoms with van der Waals surface area (Å²) < 4.78 is 6.84. The monoisotopic (exact) mass is 320 g/mol. The fraction of sp³-hybridized carbons (Fsp3) is 0.500.